The molecular weight excluding hydrogens is 424 g/mol. The molecule has 4 aromatic rings. The minimum atomic E-state index is -0.340. The molecule has 2 aromatic heterocycles. The molecule has 0 spiro atoms. The molecule has 2 heterocycles. The SMILES string of the molecule is Cc1c(Cl)c(O)c(Cl)c(C)c1-n1c(-c2ccc(F)cc2)cc2ncnc(Cl)c21. The van der Waals surface area contributed by atoms with Crippen LogP contribution in [0.4, 0.5) is 4.39 Å². The van der Waals surface area contributed by atoms with E-state index in [1.165, 1.54) is 18.5 Å². The van der Waals surface area contributed by atoms with Gasteiger partial charge in [0.25, 0.3) is 0 Å². The number of halogens is 4. The van der Waals surface area contributed by atoms with Crippen molar-refractivity contribution in [2.24, 2.45) is 0 Å². The third kappa shape index (κ3) is 2.82. The van der Waals surface area contributed by atoms with Crippen LogP contribution in [0.2, 0.25) is 15.2 Å². The van der Waals surface area contributed by atoms with Crippen LogP contribution in [0, 0.1) is 19.7 Å². The Morgan fingerprint density at radius 1 is 0.964 bits per heavy atom. The molecule has 1 N–H and O–H groups in total. The second kappa shape index (κ2) is 6.92. The summed E-state index contributed by atoms with van der Waals surface area (Å²) in [6.07, 6.45) is 1.37. The van der Waals surface area contributed by atoms with E-state index in [2.05, 4.69) is 9.97 Å². The highest BCUT2D eigenvalue weighted by Crippen LogP contribution is 2.44. The molecule has 0 aliphatic heterocycles. The van der Waals surface area contributed by atoms with Gasteiger partial charge in [-0.25, -0.2) is 14.4 Å². The number of hydrogen-bond acceptors (Lipinski definition) is 3. The van der Waals surface area contributed by atoms with Gasteiger partial charge in [-0.15, -0.1) is 0 Å². The third-order valence-corrected chi connectivity index (χ3v) is 5.89. The van der Waals surface area contributed by atoms with Crippen LogP contribution in [0.3, 0.4) is 0 Å². The molecular formula is C20H13Cl3FN3O. The van der Waals surface area contributed by atoms with Crippen molar-refractivity contribution in [3.63, 3.8) is 0 Å². The van der Waals surface area contributed by atoms with Crippen LogP contribution < -0.4 is 0 Å². The van der Waals surface area contributed by atoms with Crippen molar-refractivity contribution in [1.29, 1.82) is 0 Å². The molecule has 0 saturated carbocycles. The highest BCUT2D eigenvalue weighted by Gasteiger charge is 2.24. The molecule has 28 heavy (non-hydrogen) atoms. The summed E-state index contributed by atoms with van der Waals surface area (Å²) in [4.78, 5) is 8.40. The van der Waals surface area contributed by atoms with Gasteiger partial charge < -0.3 is 9.67 Å². The first kappa shape index (κ1) is 19.0. The fourth-order valence-corrected chi connectivity index (χ4v) is 3.98. The van der Waals surface area contributed by atoms with Crippen molar-refractivity contribution >= 4 is 45.8 Å². The van der Waals surface area contributed by atoms with Crippen LogP contribution >= 0.6 is 34.8 Å². The number of hydrogen-bond donors (Lipinski definition) is 1. The van der Waals surface area contributed by atoms with Crippen LogP contribution in [-0.2, 0) is 0 Å². The Morgan fingerprint density at radius 2 is 1.57 bits per heavy atom. The van der Waals surface area contributed by atoms with E-state index in [4.69, 9.17) is 34.8 Å². The normalized spacial score (nSPS) is 11.4. The highest BCUT2D eigenvalue weighted by molar-refractivity contribution is 6.38. The maximum absolute atomic E-state index is 13.5. The van der Waals surface area contributed by atoms with E-state index in [1.54, 1.807) is 26.0 Å². The van der Waals surface area contributed by atoms with E-state index >= 15 is 0 Å². The molecule has 142 valence electrons. The molecule has 8 heteroatoms. The molecule has 0 aliphatic rings. The Labute approximate surface area is 175 Å². The van der Waals surface area contributed by atoms with E-state index < -0.39 is 0 Å². The lowest BCUT2D eigenvalue weighted by atomic mass is 10.1. The van der Waals surface area contributed by atoms with Crippen molar-refractivity contribution in [2.75, 3.05) is 0 Å². The molecule has 0 unspecified atom stereocenters. The highest BCUT2D eigenvalue weighted by atomic mass is 35.5. The van der Waals surface area contributed by atoms with Crippen molar-refractivity contribution in [1.82, 2.24) is 14.5 Å². The summed E-state index contributed by atoms with van der Waals surface area (Å²) in [5, 5.41) is 10.7. The summed E-state index contributed by atoms with van der Waals surface area (Å²) in [5.74, 6) is -0.517. The number of benzene rings is 2. The Kier molecular flexibility index (Phi) is 4.70. The molecule has 4 nitrogen and oxygen atoms in total. The lowest BCUT2D eigenvalue weighted by Crippen LogP contribution is -2.04. The number of nitrogens with zero attached hydrogens (tertiary/aromatic N) is 3. The first-order valence-corrected chi connectivity index (χ1v) is 9.40. The van der Waals surface area contributed by atoms with Gasteiger partial charge in [-0.05, 0) is 60.9 Å². The van der Waals surface area contributed by atoms with Gasteiger partial charge in [0.15, 0.2) is 10.9 Å². The van der Waals surface area contributed by atoms with Crippen LogP contribution in [0.5, 0.6) is 5.75 Å². The quantitative estimate of drug-likeness (QED) is 0.364. The fraction of sp³-hybridized carbons (Fsp3) is 0.100. The Hall–Kier alpha value is -2.34. The number of phenolic OH excluding ortho intramolecular Hbond substituents is 1. The van der Waals surface area contributed by atoms with Crippen molar-refractivity contribution < 1.29 is 9.50 Å². The average molecular weight is 437 g/mol. The van der Waals surface area contributed by atoms with Gasteiger partial charge in [-0.1, -0.05) is 34.8 Å². The van der Waals surface area contributed by atoms with Gasteiger partial charge >= 0.3 is 0 Å². The van der Waals surface area contributed by atoms with Gasteiger partial charge in [0.2, 0.25) is 0 Å². The van der Waals surface area contributed by atoms with E-state index in [9.17, 15) is 9.50 Å². The summed E-state index contributed by atoms with van der Waals surface area (Å²) in [6.45, 7) is 3.55. The number of aromatic hydroxyl groups is 1. The number of phenols is 1. The van der Waals surface area contributed by atoms with Gasteiger partial charge in [0, 0.05) is 0 Å². The lowest BCUT2D eigenvalue weighted by molar-refractivity contribution is 0.475. The van der Waals surface area contributed by atoms with Gasteiger partial charge in [-0.3, -0.25) is 0 Å². The predicted octanol–water partition coefficient (Wildman–Crippen LogP) is 6.51. The number of rotatable bonds is 2. The van der Waals surface area contributed by atoms with E-state index in [0.717, 1.165) is 5.56 Å². The topological polar surface area (TPSA) is 50.9 Å². The van der Waals surface area contributed by atoms with Crippen LogP contribution in [0.25, 0.3) is 28.0 Å². The van der Waals surface area contributed by atoms with E-state index in [0.29, 0.717) is 33.5 Å². The van der Waals surface area contributed by atoms with Crippen molar-refractivity contribution in [2.45, 2.75) is 13.8 Å². The first-order valence-electron chi connectivity index (χ1n) is 8.26. The smallest absolute Gasteiger partial charge is 0.157 e. The minimum Gasteiger partial charge on any atom is -0.505 e. The lowest BCUT2D eigenvalue weighted by Gasteiger charge is -2.19. The molecule has 4 rings (SSSR count). The number of aromatic nitrogens is 3. The Bertz CT molecular complexity index is 1210. The minimum absolute atomic E-state index is 0.144. The Morgan fingerprint density at radius 3 is 2.18 bits per heavy atom. The van der Waals surface area contributed by atoms with Gasteiger partial charge in [0.05, 0.1) is 26.9 Å². The first-order chi connectivity index (χ1) is 13.3. The molecule has 0 bridgehead atoms. The molecule has 0 aliphatic carbocycles. The van der Waals surface area contributed by atoms with Gasteiger partial charge in [0.1, 0.15) is 17.7 Å². The van der Waals surface area contributed by atoms with E-state index in [-0.39, 0.29) is 26.8 Å². The molecule has 0 atom stereocenters. The van der Waals surface area contributed by atoms with Gasteiger partial charge in [-0.2, -0.15) is 0 Å². The zero-order chi connectivity index (χ0) is 20.2. The summed E-state index contributed by atoms with van der Waals surface area (Å²) in [5.41, 5.74) is 4.50. The van der Waals surface area contributed by atoms with E-state index in [1.807, 2.05) is 10.6 Å². The summed E-state index contributed by atoms with van der Waals surface area (Å²) >= 11 is 19.1. The zero-order valence-electron chi connectivity index (χ0n) is 14.8. The molecule has 0 amide bonds. The zero-order valence-corrected chi connectivity index (χ0v) is 17.0. The van der Waals surface area contributed by atoms with Crippen LogP contribution in [0.15, 0.2) is 36.7 Å². The largest absolute Gasteiger partial charge is 0.505 e. The Balaban J connectivity index is 2.19. The monoisotopic (exact) mass is 435 g/mol. The summed E-state index contributed by atoms with van der Waals surface area (Å²) in [6, 6.07) is 7.91. The second-order valence-corrected chi connectivity index (χ2v) is 7.46. The summed E-state index contributed by atoms with van der Waals surface area (Å²) < 4.78 is 15.3. The number of fused-ring (bicyclic) bond motifs is 1. The van der Waals surface area contributed by atoms with Crippen LogP contribution in [0.1, 0.15) is 11.1 Å². The van der Waals surface area contributed by atoms with Crippen molar-refractivity contribution in [3.8, 4) is 22.7 Å². The average Bonchev–Trinajstić information content (AvgIpc) is 3.06. The standard InChI is InChI=1S/C20H13Cl3FN3O/c1-9-15(21)19(28)16(22)10(2)17(9)27-14(11-3-5-12(24)6-4-11)7-13-18(27)20(23)26-8-25-13/h3-8,28H,1-2H3. The maximum atomic E-state index is 13.5. The molecule has 0 fully saturated rings. The summed E-state index contributed by atoms with van der Waals surface area (Å²) in [7, 11) is 0. The predicted molar refractivity (Wildman–Crippen MR) is 110 cm³/mol. The van der Waals surface area contributed by atoms with Crippen LogP contribution in [-0.4, -0.2) is 19.6 Å². The fourth-order valence-electron chi connectivity index (χ4n) is 3.34. The van der Waals surface area contributed by atoms with Crippen molar-refractivity contribution in [3.05, 3.63) is 68.8 Å². The molecule has 0 radical (unpaired) electrons. The second-order valence-electron chi connectivity index (χ2n) is 6.35. The molecule has 2 aromatic carbocycles. The maximum Gasteiger partial charge on any atom is 0.157 e. The molecule has 0 saturated heterocycles. The third-order valence-electron chi connectivity index (χ3n) is 4.69.